The van der Waals surface area contributed by atoms with Crippen molar-refractivity contribution in [1.82, 2.24) is 4.57 Å². The summed E-state index contributed by atoms with van der Waals surface area (Å²) < 4.78 is 36.2. The van der Waals surface area contributed by atoms with Crippen molar-refractivity contribution in [2.75, 3.05) is 0 Å². The SMILES string of the molecule is O=c1c([N+](=O)[O-])cccn1C[B-](F)(F)F. The van der Waals surface area contributed by atoms with Gasteiger partial charge >= 0.3 is 18.2 Å². The summed E-state index contributed by atoms with van der Waals surface area (Å²) in [5, 5.41) is 10.3. The maximum Gasteiger partial charge on any atom is 0.497 e. The Morgan fingerprint density at radius 1 is 1.47 bits per heavy atom. The number of aromatic nitrogens is 1. The molecule has 0 radical (unpaired) electrons. The number of hydrogen-bond donors (Lipinski definition) is 0. The molecule has 1 heterocycles. The Bertz CT molecular complexity index is 442. The van der Waals surface area contributed by atoms with Crippen LogP contribution in [0.2, 0.25) is 0 Å². The van der Waals surface area contributed by atoms with Gasteiger partial charge in [0.15, 0.2) is 0 Å². The maximum atomic E-state index is 12.0. The maximum absolute atomic E-state index is 12.0. The second-order valence-corrected chi connectivity index (χ2v) is 2.82. The van der Waals surface area contributed by atoms with Crippen LogP contribution in [0.4, 0.5) is 18.6 Å². The molecule has 0 saturated heterocycles. The van der Waals surface area contributed by atoms with Crippen LogP contribution < -0.4 is 5.56 Å². The van der Waals surface area contributed by atoms with E-state index < -0.39 is 29.6 Å². The average Bonchev–Trinajstić information content (AvgIpc) is 2.05. The first-order chi connectivity index (χ1) is 6.81. The molecule has 0 aliphatic carbocycles. The van der Waals surface area contributed by atoms with Gasteiger partial charge in [-0.25, -0.2) is 0 Å². The number of pyridine rings is 1. The van der Waals surface area contributed by atoms with Crippen molar-refractivity contribution in [2.45, 2.75) is 6.44 Å². The zero-order valence-corrected chi connectivity index (χ0v) is 7.27. The van der Waals surface area contributed by atoms with Crippen LogP contribution in [0.5, 0.6) is 0 Å². The molecule has 0 N–H and O–H groups in total. The van der Waals surface area contributed by atoms with E-state index in [1.165, 1.54) is 0 Å². The van der Waals surface area contributed by atoms with Gasteiger partial charge in [0.25, 0.3) is 0 Å². The summed E-state index contributed by atoms with van der Waals surface area (Å²) in [4.78, 5) is 20.4. The topological polar surface area (TPSA) is 65.1 Å². The lowest BCUT2D eigenvalue weighted by Crippen LogP contribution is -2.32. The van der Waals surface area contributed by atoms with E-state index in [2.05, 4.69) is 0 Å². The Hall–Kier alpha value is -1.80. The molecule has 0 fully saturated rings. The first kappa shape index (κ1) is 11.3. The van der Waals surface area contributed by atoms with Crippen molar-refractivity contribution >= 4 is 12.7 Å². The number of nitro groups is 1. The Balaban J connectivity index is 3.17. The zero-order chi connectivity index (χ0) is 11.6. The van der Waals surface area contributed by atoms with E-state index in [1.807, 2.05) is 0 Å². The van der Waals surface area contributed by atoms with Crippen LogP contribution in [0.15, 0.2) is 23.1 Å². The van der Waals surface area contributed by atoms with Gasteiger partial charge < -0.3 is 17.5 Å². The molecule has 0 unspecified atom stereocenters. The van der Waals surface area contributed by atoms with Crippen LogP contribution >= 0.6 is 0 Å². The summed E-state index contributed by atoms with van der Waals surface area (Å²) >= 11 is 0. The van der Waals surface area contributed by atoms with Gasteiger partial charge in [-0.05, 0) is 12.5 Å². The summed E-state index contributed by atoms with van der Waals surface area (Å²) in [6.07, 6.45) is -0.606. The largest absolute Gasteiger partial charge is 0.497 e. The highest BCUT2D eigenvalue weighted by Crippen LogP contribution is 2.11. The third-order valence-electron chi connectivity index (χ3n) is 1.60. The van der Waals surface area contributed by atoms with E-state index >= 15 is 0 Å². The molecule has 0 aliphatic heterocycles. The summed E-state index contributed by atoms with van der Waals surface area (Å²) in [6.45, 7) is -5.20. The first-order valence-corrected chi connectivity index (χ1v) is 3.86. The van der Waals surface area contributed by atoms with E-state index in [4.69, 9.17) is 0 Å². The highest BCUT2D eigenvalue weighted by atomic mass is 19.4. The molecular weight excluding hydrogens is 216 g/mol. The van der Waals surface area contributed by atoms with E-state index in [0.29, 0.717) is 0 Å². The molecule has 0 saturated carbocycles. The number of halogens is 3. The lowest BCUT2D eigenvalue weighted by molar-refractivity contribution is -0.386. The third-order valence-corrected chi connectivity index (χ3v) is 1.60. The molecule has 1 aromatic rings. The summed E-state index contributed by atoms with van der Waals surface area (Å²) in [5.41, 5.74) is -2.11. The molecule has 5 nitrogen and oxygen atoms in total. The lowest BCUT2D eigenvalue weighted by Gasteiger charge is -2.14. The Labute approximate surface area is 81.3 Å². The highest BCUT2D eigenvalue weighted by Gasteiger charge is 2.25. The highest BCUT2D eigenvalue weighted by molar-refractivity contribution is 6.57. The van der Waals surface area contributed by atoms with Gasteiger partial charge in [0.05, 0.1) is 4.92 Å². The molecule has 0 bridgehead atoms. The van der Waals surface area contributed by atoms with Gasteiger partial charge in [-0.2, -0.15) is 0 Å². The van der Waals surface area contributed by atoms with Crippen LogP contribution in [0, 0.1) is 10.1 Å². The van der Waals surface area contributed by atoms with Crippen LogP contribution in [0.3, 0.4) is 0 Å². The second kappa shape index (κ2) is 3.75. The van der Waals surface area contributed by atoms with Crippen molar-refractivity contribution in [3.63, 3.8) is 0 Å². The molecule has 0 amide bonds. The van der Waals surface area contributed by atoms with Crippen LogP contribution in [0.25, 0.3) is 0 Å². The fourth-order valence-corrected chi connectivity index (χ4v) is 1.03. The normalized spacial score (nSPS) is 11.4. The summed E-state index contributed by atoms with van der Waals surface area (Å²) in [7, 11) is 0. The van der Waals surface area contributed by atoms with Gasteiger partial charge in [-0.1, -0.05) is 0 Å². The van der Waals surface area contributed by atoms with Gasteiger partial charge in [0.2, 0.25) is 0 Å². The molecule has 0 aromatic carbocycles. The second-order valence-electron chi connectivity index (χ2n) is 2.82. The lowest BCUT2D eigenvalue weighted by atomic mass is 9.92. The van der Waals surface area contributed by atoms with Crippen molar-refractivity contribution in [3.8, 4) is 0 Å². The zero-order valence-electron chi connectivity index (χ0n) is 7.27. The van der Waals surface area contributed by atoms with Gasteiger partial charge in [-0.3, -0.25) is 14.9 Å². The van der Waals surface area contributed by atoms with E-state index in [0.717, 1.165) is 18.3 Å². The molecule has 1 rings (SSSR count). The number of rotatable bonds is 3. The predicted octanol–water partition coefficient (Wildman–Crippen LogP) is 1.14. The Morgan fingerprint density at radius 3 is 2.53 bits per heavy atom. The van der Waals surface area contributed by atoms with Crippen LogP contribution in [-0.4, -0.2) is 16.5 Å². The van der Waals surface area contributed by atoms with Crippen molar-refractivity contribution in [1.29, 1.82) is 0 Å². The molecule has 0 atom stereocenters. The molecule has 82 valence electrons. The quantitative estimate of drug-likeness (QED) is 0.436. The van der Waals surface area contributed by atoms with E-state index in [-0.39, 0.29) is 4.57 Å². The van der Waals surface area contributed by atoms with E-state index in [1.54, 1.807) is 0 Å². The van der Waals surface area contributed by atoms with Crippen molar-refractivity contribution < 1.29 is 17.9 Å². The molecule has 0 aliphatic rings. The minimum absolute atomic E-state index is 0.276. The molecule has 1 aromatic heterocycles. The minimum Gasteiger partial charge on any atom is -0.448 e. The summed E-state index contributed by atoms with van der Waals surface area (Å²) in [5.74, 6) is 0. The molecule has 9 heteroatoms. The third kappa shape index (κ3) is 2.83. The first-order valence-electron chi connectivity index (χ1n) is 3.86. The average molecular weight is 221 g/mol. The summed E-state index contributed by atoms with van der Waals surface area (Å²) in [6, 6.07) is 1.89. The van der Waals surface area contributed by atoms with E-state index in [9.17, 15) is 27.9 Å². The predicted molar refractivity (Wildman–Crippen MR) is 46.4 cm³/mol. The number of nitrogens with zero attached hydrogens (tertiary/aromatic N) is 2. The standard InChI is InChI=1S/C6H5BF3N2O3/c8-7(9,10)4-11-3-1-2-5(6(11)13)12(14)15/h1-3H,4H2/q-1. The van der Waals surface area contributed by atoms with Gasteiger partial charge in [-0.15, -0.1) is 0 Å². The van der Waals surface area contributed by atoms with Crippen LogP contribution in [0.1, 0.15) is 0 Å². The molecular formula is C6H5BF3N2O3-. The smallest absolute Gasteiger partial charge is 0.448 e. The molecule has 0 spiro atoms. The van der Waals surface area contributed by atoms with Crippen molar-refractivity contribution in [2.24, 2.45) is 0 Å². The fourth-order valence-electron chi connectivity index (χ4n) is 1.03. The minimum atomic E-state index is -5.20. The Morgan fingerprint density at radius 2 is 2.07 bits per heavy atom. The van der Waals surface area contributed by atoms with Gasteiger partial charge in [0, 0.05) is 12.3 Å². The Kier molecular flexibility index (Phi) is 2.82. The fraction of sp³-hybridized carbons (Fsp3) is 0.167. The van der Waals surface area contributed by atoms with Gasteiger partial charge in [0.1, 0.15) is 0 Å². The monoisotopic (exact) mass is 221 g/mol. The van der Waals surface area contributed by atoms with Crippen molar-refractivity contribution in [3.05, 3.63) is 38.8 Å². The molecule has 15 heavy (non-hydrogen) atoms. The van der Waals surface area contributed by atoms with Crippen LogP contribution in [-0.2, 0) is 6.44 Å². The number of hydrogen-bond acceptors (Lipinski definition) is 3.